The van der Waals surface area contributed by atoms with Crippen molar-refractivity contribution in [1.82, 2.24) is 5.32 Å². The van der Waals surface area contributed by atoms with Crippen molar-refractivity contribution >= 4 is 39.1 Å². The summed E-state index contributed by atoms with van der Waals surface area (Å²) in [7, 11) is 0. The molecule has 0 unspecified atom stereocenters. The predicted octanol–water partition coefficient (Wildman–Crippen LogP) is 5.32. The van der Waals surface area contributed by atoms with Gasteiger partial charge in [0.1, 0.15) is 0 Å². The Morgan fingerprint density at radius 2 is 1.77 bits per heavy atom. The third-order valence-electron chi connectivity index (χ3n) is 5.41. The quantitative estimate of drug-likeness (QED) is 0.598. The Morgan fingerprint density at radius 1 is 1.07 bits per heavy atom. The molecule has 1 saturated heterocycles. The number of carbonyl (C=O) groups excluding carboxylic acids is 2. The van der Waals surface area contributed by atoms with Gasteiger partial charge in [0, 0.05) is 35.5 Å². The zero-order valence-electron chi connectivity index (χ0n) is 17.9. The largest absolute Gasteiger partial charge is 0.371 e. The molecule has 2 amide bonds. The maximum atomic E-state index is 13.0. The van der Waals surface area contributed by atoms with Gasteiger partial charge in [-0.3, -0.25) is 9.59 Å². The van der Waals surface area contributed by atoms with Crippen molar-refractivity contribution in [3.05, 3.63) is 58.1 Å². The number of amides is 2. The summed E-state index contributed by atoms with van der Waals surface area (Å²) in [5.41, 5.74) is 2.70. The number of hydrogen-bond acceptors (Lipinski definition) is 3. The van der Waals surface area contributed by atoms with E-state index in [9.17, 15) is 9.59 Å². The van der Waals surface area contributed by atoms with Crippen LogP contribution in [-0.4, -0.2) is 31.4 Å². The number of benzene rings is 2. The van der Waals surface area contributed by atoms with Crippen molar-refractivity contribution in [2.45, 2.75) is 33.6 Å². The van der Waals surface area contributed by atoms with Gasteiger partial charge in [0.15, 0.2) is 0 Å². The highest BCUT2D eigenvalue weighted by Gasteiger charge is 2.22. The fourth-order valence-electron chi connectivity index (χ4n) is 3.56. The van der Waals surface area contributed by atoms with Crippen LogP contribution in [-0.2, 0) is 0 Å². The van der Waals surface area contributed by atoms with Crippen LogP contribution < -0.4 is 15.5 Å². The van der Waals surface area contributed by atoms with Gasteiger partial charge in [-0.1, -0.05) is 32.9 Å². The van der Waals surface area contributed by atoms with Gasteiger partial charge in [-0.2, -0.15) is 0 Å². The normalized spacial score (nSPS) is 14.6. The minimum Gasteiger partial charge on any atom is -0.371 e. The first-order valence-corrected chi connectivity index (χ1v) is 11.4. The number of rotatable bonds is 6. The van der Waals surface area contributed by atoms with E-state index in [1.165, 1.54) is 0 Å². The molecule has 0 radical (unpaired) electrons. The van der Waals surface area contributed by atoms with E-state index in [1.54, 1.807) is 12.1 Å². The van der Waals surface area contributed by atoms with Gasteiger partial charge in [-0.15, -0.1) is 0 Å². The van der Waals surface area contributed by atoms with Crippen molar-refractivity contribution in [3.8, 4) is 0 Å². The Hall–Kier alpha value is -2.34. The third-order valence-corrected chi connectivity index (χ3v) is 6.10. The van der Waals surface area contributed by atoms with E-state index in [4.69, 9.17) is 0 Å². The van der Waals surface area contributed by atoms with Crippen LogP contribution in [0, 0.1) is 11.8 Å². The second-order valence-electron chi connectivity index (χ2n) is 8.44. The zero-order valence-corrected chi connectivity index (χ0v) is 19.5. The summed E-state index contributed by atoms with van der Waals surface area (Å²) in [5.74, 6) is 0.763. The summed E-state index contributed by atoms with van der Waals surface area (Å²) >= 11 is 3.42. The van der Waals surface area contributed by atoms with Crippen molar-refractivity contribution in [2.75, 3.05) is 29.9 Å². The molecule has 0 spiro atoms. The average molecular weight is 472 g/mol. The fraction of sp³-hybridized carbons (Fsp3) is 0.417. The topological polar surface area (TPSA) is 61.4 Å². The van der Waals surface area contributed by atoms with Crippen molar-refractivity contribution < 1.29 is 9.59 Å². The number of piperidine rings is 1. The molecule has 2 aromatic carbocycles. The lowest BCUT2D eigenvalue weighted by atomic mass is 9.97. The Morgan fingerprint density at radius 3 is 2.43 bits per heavy atom. The fourth-order valence-corrected chi connectivity index (χ4v) is 4.02. The number of anilines is 2. The highest BCUT2D eigenvalue weighted by atomic mass is 79.9. The van der Waals surface area contributed by atoms with Crippen molar-refractivity contribution in [3.63, 3.8) is 0 Å². The van der Waals surface area contributed by atoms with Crippen LogP contribution in [0.15, 0.2) is 46.9 Å². The van der Waals surface area contributed by atoms with Gasteiger partial charge >= 0.3 is 0 Å². The van der Waals surface area contributed by atoms with E-state index in [2.05, 4.69) is 52.2 Å². The molecular weight excluding hydrogens is 442 g/mol. The van der Waals surface area contributed by atoms with E-state index >= 15 is 0 Å². The highest BCUT2D eigenvalue weighted by molar-refractivity contribution is 9.10. The second-order valence-corrected chi connectivity index (χ2v) is 9.29. The second kappa shape index (κ2) is 10.1. The van der Waals surface area contributed by atoms with Crippen molar-refractivity contribution in [2.24, 2.45) is 11.8 Å². The third kappa shape index (κ3) is 5.63. The van der Waals surface area contributed by atoms with Crippen LogP contribution in [0.3, 0.4) is 0 Å². The summed E-state index contributed by atoms with van der Waals surface area (Å²) in [6.07, 6.45) is 2.24. The molecule has 0 saturated carbocycles. The van der Waals surface area contributed by atoms with Gasteiger partial charge in [0.05, 0.1) is 11.1 Å². The smallest absolute Gasteiger partial charge is 0.256 e. The number of nitrogens with zero attached hydrogens (tertiary/aromatic N) is 1. The first kappa shape index (κ1) is 22.3. The first-order chi connectivity index (χ1) is 14.3. The molecule has 1 heterocycles. The molecule has 2 aromatic rings. The molecule has 5 nitrogen and oxygen atoms in total. The number of nitrogens with one attached hydrogen (secondary N) is 2. The molecule has 0 bridgehead atoms. The number of hydrogen-bond donors (Lipinski definition) is 2. The molecule has 6 heteroatoms. The molecule has 160 valence electrons. The van der Waals surface area contributed by atoms with Crippen LogP contribution in [0.25, 0.3) is 0 Å². The van der Waals surface area contributed by atoms with E-state index in [-0.39, 0.29) is 11.8 Å². The van der Waals surface area contributed by atoms with Crippen LogP contribution >= 0.6 is 15.9 Å². The lowest BCUT2D eigenvalue weighted by Crippen LogP contribution is -2.35. The van der Waals surface area contributed by atoms with E-state index in [0.717, 1.165) is 36.1 Å². The van der Waals surface area contributed by atoms with E-state index in [0.29, 0.717) is 35.2 Å². The highest BCUT2D eigenvalue weighted by Crippen LogP contribution is 2.29. The van der Waals surface area contributed by atoms with Crippen molar-refractivity contribution in [1.29, 1.82) is 0 Å². The summed E-state index contributed by atoms with van der Waals surface area (Å²) in [6.45, 7) is 8.91. The number of carbonyl (C=O) groups is 2. The summed E-state index contributed by atoms with van der Waals surface area (Å²) in [6, 6.07) is 12.9. The summed E-state index contributed by atoms with van der Waals surface area (Å²) in [4.78, 5) is 28.0. The molecular formula is C24H30BrN3O2. The van der Waals surface area contributed by atoms with Crippen LogP contribution in [0.5, 0.6) is 0 Å². The first-order valence-electron chi connectivity index (χ1n) is 10.6. The maximum Gasteiger partial charge on any atom is 0.256 e. The van der Waals surface area contributed by atoms with Crippen LogP contribution in [0.1, 0.15) is 54.3 Å². The average Bonchev–Trinajstić information content (AvgIpc) is 2.73. The SMILES string of the molecule is CC(C)CNC(=O)c1cc(NC(=O)c2ccccc2Br)ccc1N1CCC(C)CC1. The summed E-state index contributed by atoms with van der Waals surface area (Å²) < 4.78 is 0.733. The van der Waals surface area contributed by atoms with Gasteiger partial charge < -0.3 is 15.5 Å². The number of halogens is 1. The lowest BCUT2D eigenvalue weighted by Gasteiger charge is -2.33. The minimum absolute atomic E-state index is 0.102. The maximum absolute atomic E-state index is 13.0. The zero-order chi connectivity index (χ0) is 21.7. The minimum atomic E-state index is -0.212. The van der Waals surface area contributed by atoms with Gasteiger partial charge in [-0.25, -0.2) is 0 Å². The Kier molecular flexibility index (Phi) is 7.53. The van der Waals surface area contributed by atoms with Crippen LogP contribution in [0.4, 0.5) is 11.4 Å². The monoisotopic (exact) mass is 471 g/mol. The molecule has 1 aliphatic rings. The van der Waals surface area contributed by atoms with Gasteiger partial charge in [0.25, 0.3) is 11.8 Å². The van der Waals surface area contributed by atoms with Crippen LogP contribution in [0.2, 0.25) is 0 Å². The lowest BCUT2D eigenvalue weighted by molar-refractivity contribution is 0.0948. The Bertz CT molecular complexity index is 905. The molecule has 0 aliphatic carbocycles. The standard InChI is InChI=1S/C24H30BrN3O2/c1-16(2)15-26-23(29)20-14-18(27-24(30)19-6-4-5-7-21(19)25)8-9-22(20)28-12-10-17(3)11-13-28/h4-9,14,16-17H,10-13,15H2,1-3H3,(H,26,29)(H,27,30). The Labute approximate surface area is 187 Å². The summed E-state index contributed by atoms with van der Waals surface area (Å²) in [5, 5.41) is 5.95. The van der Waals surface area contributed by atoms with Gasteiger partial charge in [0.2, 0.25) is 0 Å². The van der Waals surface area contributed by atoms with Gasteiger partial charge in [-0.05, 0) is 70.9 Å². The molecule has 0 atom stereocenters. The molecule has 2 N–H and O–H groups in total. The molecule has 0 aromatic heterocycles. The van der Waals surface area contributed by atoms with E-state index in [1.807, 2.05) is 30.3 Å². The molecule has 30 heavy (non-hydrogen) atoms. The predicted molar refractivity (Wildman–Crippen MR) is 126 cm³/mol. The molecule has 1 fully saturated rings. The Balaban J connectivity index is 1.86. The molecule has 1 aliphatic heterocycles. The van der Waals surface area contributed by atoms with E-state index < -0.39 is 0 Å². The molecule has 3 rings (SSSR count).